The number of halogens is 3. The third kappa shape index (κ3) is 4.97. The molecule has 0 N–H and O–H groups in total. The third-order valence-electron chi connectivity index (χ3n) is 4.68. The maximum atomic E-state index is 12.8. The molecule has 1 aromatic carbocycles. The van der Waals surface area contributed by atoms with Crippen molar-refractivity contribution in [2.75, 3.05) is 31.1 Å². The van der Waals surface area contributed by atoms with E-state index >= 15 is 0 Å². The van der Waals surface area contributed by atoms with Gasteiger partial charge in [-0.15, -0.1) is 34.7 Å². The van der Waals surface area contributed by atoms with E-state index in [0.29, 0.717) is 18.9 Å². The highest BCUT2D eigenvalue weighted by molar-refractivity contribution is 7.89. The van der Waals surface area contributed by atoms with Gasteiger partial charge in [0.15, 0.2) is 5.82 Å². The molecule has 31 heavy (non-hydrogen) atoms. The Bertz CT molecular complexity index is 1110. The normalized spacial score (nSPS) is 15.8. The summed E-state index contributed by atoms with van der Waals surface area (Å²) in [6.45, 7) is 1.28. The maximum absolute atomic E-state index is 12.8. The number of hydrogen-bond acceptors (Lipinski definition) is 7. The number of hydrogen-bond donors (Lipinski definition) is 0. The molecule has 0 atom stereocenters. The number of nitrogens with zero attached hydrogens (tertiary/aromatic N) is 4. The molecular weight excluding hydrogens is 453 g/mol. The van der Waals surface area contributed by atoms with Crippen LogP contribution in [0.25, 0.3) is 10.6 Å². The maximum Gasteiger partial charge on any atom is 0.573 e. The lowest BCUT2D eigenvalue weighted by Gasteiger charge is -2.34. The molecule has 0 bridgehead atoms. The third-order valence-corrected chi connectivity index (χ3v) is 7.49. The SMILES string of the molecule is O=S(=O)(c1ccc(OC(F)(F)F)cc1)N1CCN(c2ccc(-c3cccs3)nn2)CC1. The van der Waals surface area contributed by atoms with Crippen molar-refractivity contribution in [3.8, 4) is 16.3 Å². The van der Waals surface area contributed by atoms with Gasteiger partial charge in [-0.05, 0) is 47.8 Å². The molecule has 164 valence electrons. The molecule has 0 radical (unpaired) electrons. The summed E-state index contributed by atoms with van der Waals surface area (Å²) in [7, 11) is -3.83. The summed E-state index contributed by atoms with van der Waals surface area (Å²) in [5.41, 5.74) is 0.776. The van der Waals surface area contributed by atoms with Gasteiger partial charge in [0.05, 0.1) is 9.77 Å². The zero-order valence-electron chi connectivity index (χ0n) is 16.0. The second-order valence-electron chi connectivity index (χ2n) is 6.66. The number of anilines is 1. The lowest BCUT2D eigenvalue weighted by molar-refractivity contribution is -0.274. The van der Waals surface area contributed by atoms with Crippen LogP contribution in [0.15, 0.2) is 58.8 Å². The summed E-state index contributed by atoms with van der Waals surface area (Å²) < 4.78 is 67.5. The van der Waals surface area contributed by atoms with Crippen LogP contribution in [0.1, 0.15) is 0 Å². The van der Waals surface area contributed by atoms with Crippen molar-refractivity contribution in [2.24, 2.45) is 0 Å². The molecule has 3 aromatic rings. The second kappa shape index (κ2) is 8.44. The first kappa shape index (κ1) is 21.5. The number of piperazine rings is 1. The van der Waals surface area contributed by atoms with Crippen molar-refractivity contribution in [3.63, 3.8) is 0 Å². The van der Waals surface area contributed by atoms with Gasteiger partial charge in [-0.25, -0.2) is 8.42 Å². The largest absolute Gasteiger partial charge is 0.573 e. The number of ether oxygens (including phenoxy) is 1. The molecule has 12 heteroatoms. The van der Waals surface area contributed by atoms with Crippen LogP contribution in [-0.2, 0) is 10.0 Å². The van der Waals surface area contributed by atoms with Crippen molar-refractivity contribution in [2.45, 2.75) is 11.3 Å². The minimum absolute atomic E-state index is 0.0874. The fourth-order valence-corrected chi connectivity index (χ4v) is 5.28. The molecule has 2 aromatic heterocycles. The van der Waals surface area contributed by atoms with Gasteiger partial charge in [0.25, 0.3) is 0 Å². The quantitative estimate of drug-likeness (QED) is 0.567. The van der Waals surface area contributed by atoms with E-state index in [1.807, 2.05) is 34.5 Å². The first-order valence-corrected chi connectivity index (χ1v) is 11.5. The van der Waals surface area contributed by atoms with Gasteiger partial charge < -0.3 is 9.64 Å². The zero-order valence-corrected chi connectivity index (χ0v) is 17.6. The Morgan fingerprint density at radius 2 is 1.65 bits per heavy atom. The molecule has 0 aliphatic carbocycles. The molecule has 0 unspecified atom stereocenters. The zero-order chi connectivity index (χ0) is 22.1. The van der Waals surface area contributed by atoms with E-state index < -0.39 is 22.1 Å². The van der Waals surface area contributed by atoms with Crippen molar-refractivity contribution in [1.82, 2.24) is 14.5 Å². The van der Waals surface area contributed by atoms with Gasteiger partial charge in [0, 0.05) is 26.2 Å². The molecule has 0 spiro atoms. The van der Waals surface area contributed by atoms with Gasteiger partial charge in [0.2, 0.25) is 10.0 Å². The average Bonchev–Trinajstić information content (AvgIpc) is 3.28. The topological polar surface area (TPSA) is 75.6 Å². The van der Waals surface area contributed by atoms with Gasteiger partial charge in [-0.3, -0.25) is 0 Å². The number of benzene rings is 1. The van der Waals surface area contributed by atoms with Gasteiger partial charge in [-0.1, -0.05) is 6.07 Å². The highest BCUT2D eigenvalue weighted by Gasteiger charge is 2.32. The van der Waals surface area contributed by atoms with Crippen LogP contribution >= 0.6 is 11.3 Å². The van der Waals surface area contributed by atoms with Crippen molar-refractivity contribution in [1.29, 1.82) is 0 Å². The Morgan fingerprint density at radius 3 is 2.19 bits per heavy atom. The second-order valence-corrected chi connectivity index (χ2v) is 9.55. The van der Waals surface area contributed by atoms with Gasteiger partial charge in [0.1, 0.15) is 11.4 Å². The van der Waals surface area contributed by atoms with E-state index in [0.717, 1.165) is 34.8 Å². The summed E-state index contributed by atoms with van der Waals surface area (Å²) in [6.07, 6.45) is -4.83. The monoisotopic (exact) mass is 470 g/mol. The first-order chi connectivity index (χ1) is 14.7. The van der Waals surface area contributed by atoms with Gasteiger partial charge >= 0.3 is 6.36 Å². The highest BCUT2D eigenvalue weighted by atomic mass is 32.2. The van der Waals surface area contributed by atoms with Crippen molar-refractivity contribution in [3.05, 3.63) is 53.9 Å². The van der Waals surface area contributed by atoms with E-state index in [9.17, 15) is 21.6 Å². The summed E-state index contributed by atoms with van der Waals surface area (Å²) in [4.78, 5) is 2.87. The van der Waals surface area contributed by atoms with Crippen LogP contribution in [0.2, 0.25) is 0 Å². The van der Waals surface area contributed by atoms with Crippen LogP contribution in [0.3, 0.4) is 0 Å². The molecule has 4 rings (SSSR count). The minimum atomic E-state index is -4.83. The Labute approximate surface area is 180 Å². The number of sulfonamides is 1. The summed E-state index contributed by atoms with van der Waals surface area (Å²) in [5.74, 6) is 0.187. The van der Waals surface area contributed by atoms with Crippen LogP contribution < -0.4 is 9.64 Å². The van der Waals surface area contributed by atoms with E-state index in [-0.39, 0.29) is 18.0 Å². The molecule has 0 saturated carbocycles. The van der Waals surface area contributed by atoms with Crippen molar-refractivity contribution >= 4 is 27.2 Å². The summed E-state index contributed by atoms with van der Waals surface area (Å²) in [6, 6.07) is 11.8. The Balaban J connectivity index is 1.39. The standard InChI is InChI=1S/C19H17F3N4O3S2/c20-19(21,22)29-14-3-5-15(6-4-14)31(27,28)26-11-9-25(10-12-26)18-8-7-16(23-24-18)17-2-1-13-30-17/h1-8,13H,9-12H2. The fourth-order valence-electron chi connectivity index (χ4n) is 3.17. The number of aromatic nitrogens is 2. The average molecular weight is 470 g/mol. The van der Waals surface area contributed by atoms with Gasteiger partial charge in [-0.2, -0.15) is 4.31 Å². The van der Waals surface area contributed by atoms with Crippen LogP contribution in [0, 0.1) is 0 Å². The number of rotatable bonds is 5. The lowest BCUT2D eigenvalue weighted by atomic mass is 10.3. The Kier molecular flexibility index (Phi) is 5.86. The van der Waals surface area contributed by atoms with Crippen molar-refractivity contribution < 1.29 is 26.3 Å². The summed E-state index contributed by atoms with van der Waals surface area (Å²) in [5, 5.41) is 10.5. The highest BCUT2D eigenvalue weighted by Crippen LogP contribution is 2.27. The first-order valence-electron chi connectivity index (χ1n) is 9.21. The predicted octanol–water partition coefficient (Wildman–Crippen LogP) is 3.61. The molecule has 1 fully saturated rings. The smallest absolute Gasteiger partial charge is 0.406 e. The van der Waals surface area contributed by atoms with E-state index in [4.69, 9.17) is 0 Å². The van der Waals surface area contributed by atoms with E-state index in [1.54, 1.807) is 11.3 Å². The molecule has 1 aliphatic heterocycles. The van der Waals surface area contributed by atoms with Crippen LogP contribution in [0.4, 0.5) is 19.0 Å². The molecule has 1 aliphatic rings. The lowest BCUT2D eigenvalue weighted by Crippen LogP contribution is -2.48. The molecule has 7 nitrogen and oxygen atoms in total. The Hall–Kier alpha value is -2.70. The van der Waals surface area contributed by atoms with Crippen LogP contribution in [0.5, 0.6) is 5.75 Å². The number of thiophene rings is 1. The Morgan fingerprint density at radius 1 is 0.935 bits per heavy atom. The molecule has 3 heterocycles. The number of alkyl halides is 3. The fraction of sp³-hybridized carbons (Fsp3) is 0.263. The summed E-state index contributed by atoms with van der Waals surface area (Å²) >= 11 is 1.57. The molecule has 0 amide bonds. The molecular formula is C19H17F3N4O3S2. The van der Waals surface area contributed by atoms with E-state index in [1.165, 1.54) is 4.31 Å². The predicted molar refractivity (Wildman–Crippen MR) is 109 cm³/mol. The minimum Gasteiger partial charge on any atom is -0.406 e. The van der Waals surface area contributed by atoms with Crippen LogP contribution in [-0.4, -0.2) is 55.5 Å². The van der Waals surface area contributed by atoms with E-state index in [2.05, 4.69) is 14.9 Å². The molecule has 1 saturated heterocycles.